The van der Waals surface area contributed by atoms with Gasteiger partial charge in [-0.2, -0.15) is 0 Å². The van der Waals surface area contributed by atoms with Crippen molar-refractivity contribution in [2.75, 3.05) is 19.6 Å². The summed E-state index contributed by atoms with van der Waals surface area (Å²) in [6, 6.07) is 3.86. The number of carbonyl (C=O) groups is 2. The van der Waals surface area contributed by atoms with Gasteiger partial charge >= 0.3 is 0 Å². The third-order valence-electron chi connectivity index (χ3n) is 5.14. The predicted molar refractivity (Wildman–Crippen MR) is 111 cm³/mol. The minimum Gasteiger partial charge on any atom is -0.352 e. The van der Waals surface area contributed by atoms with E-state index in [4.69, 9.17) is 11.6 Å². The number of likely N-dealkylation sites (tertiary alicyclic amines) is 1. The maximum atomic E-state index is 12.8. The topological polar surface area (TPSA) is 88.1 Å². The van der Waals surface area contributed by atoms with E-state index < -0.39 is 5.38 Å². The van der Waals surface area contributed by atoms with E-state index in [-0.39, 0.29) is 17.7 Å². The Morgan fingerprint density at radius 3 is 2.72 bits per heavy atom. The zero-order valence-electron chi connectivity index (χ0n) is 16.8. The van der Waals surface area contributed by atoms with Gasteiger partial charge in [0.15, 0.2) is 0 Å². The third-order valence-corrected chi connectivity index (χ3v) is 5.33. The molecule has 2 aromatic rings. The Balaban J connectivity index is 1.65. The number of rotatable bonds is 6. The lowest BCUT2D eigenvalue weighted by Crippen LogP contribution is -2.41. The molecular weight excluding hydrogens is 390 g/mol. The summed E-state index contributed by atoms with van der Waals surface area (Å²) < 4.78 is 0. The molecule has 0 aromatic carbocycles. The predicted octanol–water partition coefficient (Wildman–Crippen LogP) is 2.49. The fourth-order valence-corrected chi connectivity index (χ4v) is 3.70. The van der Waals surface area contributed by atoms with Crippen LogP contribution in [-0.4, -0.2) is 56.7 Å². The monoisotopic (exact) mass is 415 g/mol. The van der Waals surface area contributed by atoms with Crippen LogP contribution in [0.1, 0.15) is 53.1 Å². The number of amides is 2. The molecule has 2 aromatic heterocycles. The van der Waals surface area contributed by atoms with Crippen LogP contribution in [0.15, 0.2) is 30.7 Å². The van der Waals surface area contributed by atoms with Crippen molar-refractivity contribution in [2.45, 2.75) is 44.4 Å². The Bertz CT molecular complexity index is 851. The van der Waals surface area contributed by atoms with E-state index in [1.807, 2.05) is 19.1 Å². The van der Waals surface area contributed by atoms with Crippen molar-refractivity contribution in [1.82, 2.24) is 25.2 Å². The Morgan fingerprint density at radius 1 is 1.31 bits per heavy atom. The second-order valence-electron chi connectivity index (χ2n) is 7.30. The Kier molecular flexibility index (Phi) is 7.14. The maximum absolute atomic E-state index is 12.8. The fourth-order valence-electron chi connectivity index (χ4n) is 3.56. The molecule has 0 saturated carbocycles. The molecule has 1 aliphatic heterocycles. The number of alkyl halides is 1. The van der Waals surface area contributed by atoms with E-state index in [0.717, 1.165) is 24.1 Å². The molecule has 1 fully saturated rings. The van der Waals surface area contributed by atoms with Gasteiger partial charge in [0.05, 0.1) is 11.3 Å². The number of aromatic nitrogens is 3. The summed E-state index contributed by atoms with van der Waals surface area (Å²) in [4.78, 5) is 39.6. The number of nitrogens with one attached hydrogen (secondary N) is 1. The van der Waals surface area contributed by atoms with Crippen molar-refractivity contribution in [2.24, 2.45) is 0 Å². The van der Waals surface area contributed by atoms with E-state index in [1.54, 1.807) is 30.4 Å². The molecular formula is C21H26ClN5O2. The summed E-state index contributed by atoms with van der Waals surface area (Å²) in [6.45, 7) is 5.26. The number of piperidine rings is 1. The number of aryl methyl sites for hydroxylation is 1. The molecule has 0 spiro atoms. The van der Waals surface area contributed by atoms with Gasteiger partial charge < -0.3 is 10.2 Å². The van der Waals surface area contributed by atoms with Crippen LogP contribution in [0.5, 0.6) is 0 Å². The Hall–Kier alpha value is -2.54. The van der Waals surface area contributed by atoms with Crippen molar-refractivity contribution >= 4 is 23.4 Å². The van der Waals surface area contributed by atoms with Crippen molar-refractivity contribution in [3.05, 3.63) is 53.4 Å². The molecule has 1 aliphatic rings. The van der Waals surface area contributed by atoms with Gasteiger partial charge in [-0.05, 0) is 44.7 Å². The third kappa shape index (κ3) is 5.50. The van der Waals surface area contributed by atoms with Crippen LogP contribution in [0.25, 0.3) is 0 Å². The first-order valence-electron chi connectivity index (χ1n) is 9.89. The van der Waals surface area contributed by atoms with Crippen LogP contribution in [0.4, 0.5) is 0 Å². The molecule has 3 rings (SSSR count). The van der Waals surface area contributed by atoms with Crippen LogP contribution in [0, 0.1) is 6.92 Å². The highest BCUT2D eigenvalue weighted by atomic mass is 35.5. The average molecular weight is 416 g/mol. The molecule has 8 heteroatoms. The number of carbonyl (C=O) groups excluding carboxylic acids is 2. The lowest BCUT2D eigenvalue weighted by Gasteiger charge is -2.33. The normalized spacial score (nSPS) is 15.8. The van der Waals surface area contributed by atoms with Crippen molar-refractivity contribution in [3.63, 3.8) is 0 Å². The SMILES string of the molecule is Cc1ncc(C(=O)NCCc2cccnc2)c(C2CCN(C(=O)C(C)Cl)CC2)n1. The molecule has 3 heterocycles. The first-order valence-corrected chi connectivity index (χ1v) is 10.3. The number of hydrogen-bond acceptors (Lipinski definition) is 5. The summed E-state index contributed by atoms with van der Waals surface area (Å²) in [7, 11) is 0. The molecule has 0 radical (unpaired) electrons. The van der Waals surface area contributed by atoms with Gasteiger partial charge in [0.25, 0.3) is 5.91 Å². The molecule has 29 heavy (non-hydrogen) atoms. The van der Waals surface area contributed by atoms with Gasteiger partial charge in [0.1, 0.15) is 11.2 Å². The van der Waals surface area contributed by atoms with E-state index in [9.17, 15) is 9.59 Å². The smallest absolute Gasteiger partial charge is 0.254 e. The molecule has 0 aliphatic carbocycles. The quantitative estimate of drug-likeness (QED) is 0.732. The Morgan fingerprint density at radius 2 is 2.07 bits per heavy atom. The van der Waals surface area contributed by atoms with Gasteiger partial charge in [-0.1, -0.05) is 6.07 Å². The highest BCUT2D eigenvalue weighted by molar-refractivity contribution is 6.30. The van der Waals surface area contributed by atoms with E-state index in [1.165, 1.54) is 0 Å². The van der Waals surface area contributed by atoms with Crippen LogP contribution < -0.4 is 5.32 Å². The number of hydrogen-bond donors (Lipinski definition) is 1. The average Bonchev–Trinajstić information content (AvgIpc) is 2.74. The van der Waals surface area contributed by atoms with Gasteiger partial charge in [-0.3, -0.25) is 14.6 Å². The summed E-state index contributed by atoms with van der Waals surface area (Å²) in [5.41, 5.74) is 2.35. The maximum Gasteiger partial charge on any atom is 0.254 e. The first-order chi connectivity index (χ1) is 14.0. The molecule has 0 bridgehead atoms. The largest absolute Gasteiger partial charge is 0.352 e. The van der Waals surface area contributed by atoms with Crippen molar-refractivity contribution in [3.8, 4) is 0 Å². The fraction of sp³-hybridized carbons (Fsp3) is 0.476. The minimum atomic E-state index is -0.519. The number of nitrogens with zero attached hydrogens (tertiary/aromatic N) is 4. The summed E-state index contributed by atoms with van der Waals surface area (Å²) in [6.07, 6.45) is 7.34. The van der Waals surface area contributed by atoms with Crippen molar-refractivity contribution < 1.29 is 9.59 Å². The first kappa shape index (κ1) is 21.2. The molecule has 1 N–H and O–H groups in total. The standard InChI is InChI=1S/C21H26ClN5O2/c1-14(22)21(29)27-10-6-17(7-11-27)19-18(13-25-15(2)26-19)20(28)24-9-5-16-4-3-8-23-12-16/h3-4,8,12-14,17H,5-7,9-11H2,1-2H3,(H,24,28). The highest BCUT2D eigenvalue weighted by Gasteiger charge is 2.29. The second-order valence-corrected chi connectivity index (χ2v) is 7.95. The molecule has 2 amide bonds. The van der Waals surface area contributed by atoms with Crippen LogP contribution in [0.2, 0.25) is 0 Å². The molecule has 7 nitrogen and oxygen atoms in total. The minimum absolute atomic E-state index is 0.0441. The molecule has 154 valence electrons. The van der Waals surface area contributed by atoms with Gasteiger partial charge in [0.2, 0.25) is 5.91 Å². The molecule has 1 unspecified atom stereocenters. The van der Waals surface area contributed by atoms with Gasteiger partial charge in [-0.15, -0.1) is 11.6 Å². The second kappa shape index (κ2) is 9.78. The molecule has 1 saturated heterocycles. The van der Waals surface area contributed by atoms with Crippen molar-refractivity contribution in [1.29, 1.82) is 0 Å². The van der Waals surface area contributed by atoms with E-state index >= 15 is 0 Å². The summed E-state index contributed by atoms with van der Waals surface area (Å²) >= 11 is 5.93. The zero-order valence-corrected chi connectivity index (χ0v) is 17.5. The lowest BCUT2D eigenvalue weighted by molar-refractivity contribution is -0.131. The van der Waals surface area contributed by atoms with Gasteiger partial charge in [-0.25, -0.2) is 9.97 Å². The van der Waals surface area contributed by atoms with Crippen LogP contribution in [0.3, 0.4) is 0 Å². The lowest BCUT2D eigenvalue weighted by atomic mass is 9.90. The van der Waals surface area contributed by atoms with E-state index in [2.05, 4.69) is 20.3 Å². The van der Waals surface area contributed by atoms with Crippen LogP contribution in [-0.2, 0) is 11.2 Å². The number of pyridine rings is 1. The summed E-state index contributed by atoms with van der Waals surface area (Å²) in [5.74, 6) is 0.541. The summed E-state index contributed by atoms with van der Waals surface area (Å²) in [5, 5.41) is 2.44. The highest BCUT2D eigenvalue weighted by Crippen LogP contribution is 2.29. The van der Waals surface area contributed by atoms with E-state index in [0.29, 0.717) is 37.4 Å². The van der Waals surface area contributed by atoms with Gasteiger partial charge in [0, 0.05) is 44.1 Å². The number of halogens is 1. The molecule has 1 atom stereocenters. The Labute approximate surface area is 175 Å². The zero-order chi connectivity index (χ0) is 20.8. The van der Waals surface area contributed by atoms with Crippen LogP contribution >= 0.6 is 11.6 Å².